The van der Waals surface area contributed by atoms with Crippen LogP contribution in [0.5, 0.6) is 0 Å². The number of aryl methyl sites for hydroxylation is 1. The Hall–Kier alpha value is -1.90. The van der Waals surface area contributed by atoms with Gasteiger partial charge in [-0.25, -0.2) is 8.42 Å². The number of carbonyl (C=O) groups excluding carboxylic acids is 1. The standard InChI is InChI=1S/C18H14Cl2N2O3S2/c1-11-5-7-12(8-6-11)13-9-10-26-17(13)18(23)21-22-27(24,25)15-4-2-3-14(19)16(15)20/h2-10,22H,1H3,(H,21,23). The van der Waals surface area contributed by atoms with Crippen molar-refractivity contribution < 1.29 is 13.2 Å². The van der Waals surface area contributed by atoms with Gasteiger partial charge in [-0.05, 0) is 36.1 Å². The molecule has 1 heterocycles. The van der Waals surface area contributed by atoms with Gasteiger partial charge in [-0.3, -0.25) is 10.2 Å². The summed E-state index contributed by atoms with van der Waals surface area (Å²) >= 11 is 13.0. The van der Waals surface area contributed by atoms with Crippen LogP contribution < -0.4 is 10.3 Å². The van der Waals surface area contributed by atoms with Crippen molar-refractivity contribution in [2.24, 2.45) is 0 Å². The number of hydrogen-bond donors (Lipinski definition) is 2. The minimum absolute atomic E-state index is 0.103. The molecular weight excluding hydrogens is 427 g/mol. The summed E-state index contributed by atoms with van der Waals surface area (Å²) < 4.78 is 24.8. The van der Waals surface area contributed by atoms with E-state index in [1.807, 2.05) is 37.3 Å². The number of amides is 1. The van der Waals surface area contributed by atoms with Crippen LogP contribution in [0, 0.1) is 6.92 Å². The van der Waals surface area contributed by atoms with E-state index in [1.165, 1.54) is 29.5 Å². The van der Waals surface area contributed by atoms with E-state index in [4.69, 9.17) is 23.2 Å². The third kappa shape index (κ3) is 4.34. The van der Waals surface area contributed by atoms with E-state index in [9.17, 15) is 13.2 Å². The van der Waals surface area contributed by atoms with Crippen molar-refractivity contribution in [2.45, 2.75) is 11.8 Å². The first-order chi connectivity index (χ1) is 12.8. The summed E-state index contributed by atoms with van der Waals surface area (Å²) in [6.45, 7) is 1.97. The number of carbonyl (C=O) groups is 1. The van der Waals surface area contributed by atoms with E-state index in [0.717, 1.165) is 16.7 Å². The number of sulfonamides is 1. The molecule has 0 atom stereocenters. The summed E-state index contributed by atoms with van der Waals surface area (Å²) in [7, 11) is -4.08. The smallest absolute Gasteiger partial charge is 0.273 e. The zero-order valence-electron chi connectivity index (χ0n) is 14.0. The molecule has 27 heavy (non-hydrogen) atoms. The first kappa shape index (κ1) is 19.9. The molecule has 0 saturated carbocycles. The first-order valence-electron chi connectivity index (χ1n) is 7.70. The van der Waals surface area contributed by atoms with Gasteiger partial charge >= 0.3 is 0 Å². The number of rotatable bonds is 5. The molecule has 0 aliphatic carbocycles. The Morgan fingerprint density at radius 2 is 1.74 bits per heavy atom. The van der Waals surface area contributed by atoms with Gasteiger partial charge in [0.25, 0.3) is 15.9 Å². The number of hydrazine groups is 1. The quantitative estimate of drug-likeness (QED) is 0.566. The zero-order valence-corrected chi connectivity index (χ0v) is 17.1. The van der Waals surface area contributed by atoms with Crippen LogP contribution >= 0.6 is 34.5 Å². The molecule has 5 nitrogen and oxygen atoms in total. The van der Waals surface area contributed by atoms with Crippen molar-refractivity contribution in [1.29, 1.82) is 0 Å². The maximum Gasteiger partial charge on any atom is 0.276 e. The number of benzene rings is 2. The van der Waals surface area contributed by atoms with Gasteiger partial charge in [0, 0.05) is 5.56 Å². The fourth-order valence-electron chi connectivity index (χ4n) is 2.36. The molecule has 3 rings (SSSR count). The lowest BCUT2D eigenvalue weighted by molar-refractivity contribution is 0.0950. The van der Waals surface area contributed by atoms with Gasteiger partial charge in [0.15, 0.2) is 0 Å². The van der Waals surface area contributed by atoms with Crippen molar-refractivity contribution in [3.63, 3.8) is 0 Å². The SMILES string of the molecule is Cc1ccc(-c2ccsc2C(=O)NNS(=O)(=O)c2cccc(Cl)c2Cl)cc1. The van der Waals surface area contributed by atoms with Crippen LogP contribution in [0.1, 0.15) is 15.2 Å². The Bertz CT molecular complexity index is 1090. The van der Waals surface area contributed by atoms with E-state index in [-0.39, 0.29) is 14.9 Å². The summed E-state index contributed by atoms with van der Waals surface area (Å²) in [5.41, 5.74) is 4.91. The number of thiophene rings is 1. The molecule has 1 aromatic heterocycles. The summed E-state index contributed by atoms with van der Waals surface area (Å²) in [4.78, 5) is 14.7. The van der Waals surface area contributed by atoms with Gasteiger partial charge in [-0.1, -0.05) is 59.1 Å². The fourth-order valence-corrected chi connectivity index (χ4v) is 4.78. The monoisotopic (exact) mass is 440 g/mol. The lowest BCUT2D eigenvalue weighted by Crippen LogP contribution is -2.41. The highest BCUT2D eigenvalue weighted by Gasteiger charge is 2.22. The molecule has 2 N–H and O–H groups in total. The van der Waals surface area contributed by atoms with Crippen molar-refractivity contribution in [3.8, 4) is 11.1 Å². The predicted molar refractivity (Wildman–Crippen MR) is 109 cm³/mol. The Labute approximate surface area is 171 Å². The van der Waals surface area contributed by atoms with Crippen LogP contribution in [0.25, 0.3) is 11.1 Å². The topological polar surface area (TPSA) is 75.3 Å². The Morgan fingerprint density at radius 1 is 1.04 bits per heavy atom. The zero-order chi connectivity index (χ0) is 19.6. The van der Waals surface area contributed by atoms with Gasteiger partial charge < -0.3 is 0 Å². The highest BCUT2D eigenvalue weighted by Crippen LogP contribution is 2.30. The molecule has 0 bridgehead atoms. The summed E-state index contributed by atoms with van der Waals surface area (Å²) in [5.74, 6) is -0.567. The Kier molecular flexibility index (Phi) is 5.88. The minimum Gasteiger partial charge on any atom is -0.273 e. The molecule has 0 saturated heterocycles. The molecule has 0 unspecified atom stereocenters. The highest BCUT2D eigenvalue weighted by molar-refractivity contribution is 7.89. The number of hydrogen-bond acceptors (Lipinski definition) is 4. The maximum atomic E-state index is 12.5. The molecular formula is C18H14Cl2N2O3S2. The molecule has 140 valence electrons. The van der Waals surface area contributed by atoms with E-state index in [2.05, 4.69) is 10.3 Å². The van der Waals surface area contributed by atoms with Gasteiger partial charge in [0.05, 0.1) is 10.0 Å². The second-order valence-electron chi connectivity index (χ2n) is 5.64. The van der Waals surface area contributed by atoms with Crippen molar-refractivity contribution in [3.05, 3.63) is 74.4 Å². The summed E-state index contributed by atoms with van der Waals surface area (Å²) in [6.07, 6.45) is 0. The highest BCUT2D eigenvalue weighted by atomic mass is 35.5. The van der Waals surface area contributed by atoms with E-state index in [1.54, 1.807) is 5.38 Å². The molecule has 2 aromatic carbocycles. The van der Waals surface area contributed by atoms with Gasteiger partial charge in [0.2, 0.25) is 0 Å². The Balaban J connectivity index is 1.80. The van der Waals surface area contributed by atoms with Crippen molar-refractivity contribution >= 4 is 50.5 Å². The minimum atomic E-state index is -4.08. The Morgan fingerprint density at radius 3 is 2.44 bits per heavy atom. The lowest BCUT2D eigenvalue weighted by Gasteiger charge is -2.10. The van der Waals surface area contributed by atoms with Crippen LogP contribution in [0.15, 0.2) is 58.8 Å². The predicted octanol–water partition coefficient (Wildman–Crippen LogP) is 4.65. The first-order valence-corrected chi connectivity index (χ1v) is 10.8. The number of halogens is 2. The second kappa shape index (κ2) is 8.00. The molecule has 1 amide bonds. The molecule has 0 radical (unpaired) electrons. The lowest BCUT2D eigenvalue weighted by atomic mass is 10.1. The van der Waals surface area contributed by atoms with E-state index < -0.39 is 15.9 Å². The van der Waals surface area contributed by atoms with Gasteiger partial charge in [-0.15, -0.1) is 16.2 Å². The van der Waals surface area contributed by atoms with Crippen LogP contribution in [0.2, 0.25) is 10.0 Å². The largest absolute Gasteiger partial charge is 0.276 e. The van der Waals surface area contributed by atoms with Crippen LogP contribution in [0.4, 0.5) is 0 Å². The van der Waals surface area contributed by atoms with Gasteiger partial charge in [0.1, 0.15) is 9.77 Å². The summed E-state index contributed by atoms with van der Waals surface area (Å²) in [5, 5.41) is 1.76. The van der Waals surface area contributed by atoms with Crippen molar-refractivity contribution in [1.82, 2.24) is 10.3 Å². The van der Waals surface area contributed by atoms with Crippen LogP contribution in [-0.2, 0) is 10.0 Å². The molecule has 0 spiro atoms. The van der Waals surface area contributed by atoms with E-state index in [0.29, 0.717) is 4.88 Å². The fraction of sp³-hybridized carbons (Fsp3) is 0.0556. The third-order valence-electron chi connectivity index (χ3n) is 3.74. The molecule has 9 heteroatoms. The van der Waals surface area contributed by atoms with E-state index >= 15 is 0 Å². The summed E-state index contributed by atoms with van der Waals surface area (Å²) in [6, 6.07) is 13.7. The van der Waals surface area contributed by atoms with Crippen molar-refractivity contribution in [2.75, 3.05) is 0 Å². The second-order valence-corrected chi connectivity index (χ2v) is 8.99. The average molecular weight is 441 g/mol. The average Bonchev–Trinajstić information content (AvgIpc) is 3.12. The van der Waals surface area contributed by atoms with Crippen LogP contribution in [0.3, 0.4) is 0 Å². The van der Waals surface area contributed by atoms with Crippen LogP contribution in [-0.4, -0.2) is 14.3 Å². The molecule has 0 aliphatic heterocycles. The third-order valence-corrected chi connectivity index (χ3v) is 6.87. The normalized spacial score (nSPS) is 11.4. The van der Waals surface area contributed by atoms with Gasteiger partial charge in [-0.2, -0.15) is 0 Å². The number of nitrogens with one attached hydrogen (secondary N) is 2. The molecule has 0 aliphatic rings. The maximum absolute atomic E-state index is 12.5. The molecule has 3 aromatic rings. The molecule has 0 fully saturated rings.